The number of ether oxygens (including phenoxy) is 1. The van der Waals surface area contributed by atoms with E-state index >= 15 is 0 Å². The van der Waals surface area contributed by atoms with E-state index < -0.39 is 0 Å². The number of hydrogen-bond donors (Lipinski definition) is 0. The summed E-state index contributed by atoms with van der Waals surface area (Å²) in [5.74, 6) is 0. The molecule has 0 amide bonds. The van der Waals surface area contributed by atoms with Crippen molar-refractivity contribution in [3.8, 4) is 0 Å². The van der Waals surface area contributed by atoms with E-state index in [2.05, 4.69) is 59.0 Å². The fourth-order valence-electron chi connectivity index (χ4n) is 0.353. The van der Waals surface area contributed by atoms with E-state index in [4.69, 9.17) is 4.74 Å². The quantitative estimate of drug-likeness (QED) is 0.412. The second-order valence-electron chi connectivity index (χ2n) is 2.15. The Kier molecular flexibility index (Phi) is 7.89. The Hall–Kier alpha value is 0.740. The lowest BCUT2D eigenvalue weighted by atomic mass is 10.5. The van der Waals surface area contributed by atoms with Gasteiger partial charge in [-0.05, 0) is 26.0 Å². The van der Waals surface area contributed by atoms with E-state index in [1.54, 1.807) is 12.5 Å². The van der Waals surface area contributed by atoms with Gasteiger partial charge in [-0.3, -0.25) is 0 Å². The highest BCUT2D eigenvalue weighted by molar-refractivity contribution is 14.1. The highest BCUT2D eigenvalue weighted by Gasteiger charge is 1.85. The first kappa shape index (κ1) is 11.7. The van der Waals surface area contributed by atoms with Gasteiger partial charge in [-0.25, -0.2) is 0 Å². The normalized spacial score (nSPS) is 17.5. The first-order valence-corrected chi connectivity index (χ1v) is 5.89. The fourth-order valence-corrected chi connectivity index (χ4v) is 0.692. The molecule has 11 heavy (non-hydrogen) atoms. The van der Waals surface area contributed by atoms with Crippen LogP contribution in [-0.4, -0.2) is 7.85 Å². The van der Waals surface area contributed by atoms with Gasteiger partial charge >= 0.3 is 0 Å². The first-order valence-electron chi connectivity index (χ1n) is 3.40. The van der Waals surface area contributed by atoms with Crippen LogP contribution in [0.2, 0.25) is 0 Å². The van der Waals surface area contributed by atoms with Crippen LogP contribution in [0.4, 0.5) is 0 Å². The minimum Gasteiger partial charge on any atom is -0.473 e. The van der Waals surface area contributed by atoms with Gasteiger partial charge < -0.3 is 4.74 Å². The molecule has 0 spiro atoms. The molecular weight excluding hydrogens is 366 g/mol. The van der Waals surface area contributed by atoms with Gasteiger partial charge in [-0.15, -0.1) is 0 Å². The minimum absolute atomic E-state index is 0.526. The van der Waals surface area contributed by atoms with Gasteiger partial charge in [0.1, 0.15) is 0 Å². The minimum atomic E-state index is 0.526. The highest BCUT2D eigenvalue weighted by Crippen LogP contribution is 2.01. The van der Waals surface area contributed by atoms with Crippen LogP contribution < -0.4 is 0 Å². The van der Waals surface area contributed by atoms with Crippen LogP contribution in [0.3, 0.4) is 0 Å². The zero-order valence-electron chi connectivity index (χ0n) is 6.63. The molecule has 0 aromatic heterocycles. The predicted octanol–water partition coefficient (Wildman–Crippen LogP) is 3.68. The third-order valence-corrected chi connectivity index (χ3v) is 1.68. The lowest BCUT2D eigenvalue weighted by Gasteiger charge is -1.93. The SMILES string of the molecule is CC(I)/C=C/O/C=C/C(C)I. The van der Waals surface area contributed by atoms with Crippen molar-refractivity contribution >= 4 is 45.2 Å². The summed E-state index contributed by atoms with van der Waals surface area (Å²) in [4.78, 5) is 0. The molecule has 0 saturated carbocycles. The lowest BCUT2D eigenvalue weighted by Crippen LogP contribution is -1.82. The highest BCUT2D eigenvalue weighted by atomic mass is 127. The number of rotatable bonds is 4. The Labute approximate surface area is 95.6 Å². The molecule has 2 unspecified atom stereocenters. The second kappa shape index (κ2) is 7.39. The number of alkyl halides is 2. The average molecular weight is 378 g/mol. The first-order chi connectivity index (χ1) is 5.13. The van der Waals surface area contributed by atoms with Gasteiger partial charge in [-0.1, -0.05) is 45.2 Å². The van der Waals surface area contributed by atoms with Gasteiger partial charge in [0, 0.05) is 7.85 Å². The van der Waals surface area contributed by atoms with Crippen LogP contribution in [0.5, 0.6) is 0 Å². The molecule has 64 valence electrons. The summed E-state index contributed by atoms with van der Waals surface area (Å²) < 4.78 is 6.14. The molecular formula is C8H12I2O. The molecule has 0 aromatic rings. The standard InChI is InChI=1S/C8H12I2O/c1-7(9)3-5-11-6-4-8(2)10/h3-8H,1-2H3/b5-3+,6-4+. The van der Waals surface area contributed by atoms with Crippen LogP contribution in [-0.2, 0) is 4.74 Å². The largest absolute Gasteiger partial charge is 0.473 e. The van der Waals surface area contributed by atoms with Crippen molar-refractivity contribution < 1.29 is 4.74 Å². The molecule has 0 bridgehead atoms. The molecule has 0 aromatic carbocycles. The molecule has 0 radical (unpaired) electrons. The molecule has 0 fully saturated rings. The Morgan fingerprint density at radius 1 is 1.00 bits per heavy atom. The molecule has 0 heterocycles. The zero-order chi connectivity index (χ0) is 8.69. The molecule has 0 aliphatic rings. The number of hydrogen-bond acceptors (Lipinski definition) is 1. The summed E-state index contributed by atoms with van der Waals surface area (Å²) in [6.07, 6.45) is 7.44. The fraction of sp³-hybridized carbons (Fsp3) is 0.500. The maximum atomic E-state index is 5.08. The Bertz CT molecular complexity index is 123. The van der Waals surface area contributed by atoms with E-state index in [9.17, 15) is 0 Å². The molecule has 0 aliphatic carbocycles. The van der Waals surface area contributed by atoms with Crippen molar-refractivity contribution in [3.05, 3.63) is 24.7 Å². The summed E-state index contributed by atoms with van der Waals surface area (Å²) in [6, 6.07) is 0. The molecule has 2 atom stereocenters. The monoisotopic (exact) mass is 378 g/mol. The third-order valence-electron chi connectivity index (χ3n) is 0.845. The van der Waals surface area contributed by atoms with E-state index in [1.165, 1.54) is 0 Å². The van der Waals surface area contributed by atoms with Gasteiger partial charge in [0.05, 0.1) is 12.5 Å². The molecule has 1 nitrogen and oxygen atoms in total. The number of allylic oxidation sites excluding steroid dienone is 2. The van der Waals surface area contributed by atoms with Gasteiger partial charge in [-0.2, -0.15) is 0 Å². The van der Waals surface area contributed by atoms with Crippen molar-refractivity contribution in [1.82, 2.24) is 0 Å². The maximum absolute atomic E-state index is 5.08. The Morgan fingerprint density at radius 3 is 1.64 bits per heavy atom. The van der Waals surface area contributed by atoms with Gasteiger partial charge in [0.25, 0.3) is 0 Å². The lowest BCUT2D eigenvalue weighted by molar-refractivity contribution is 0.400. The molecule has 0 aliphatic heterocycles. The zero-order valence-corrected chi connectivity index (χ0v) is 10.9. The second-order valence-corrected chi connectivity index (χ2v) is 6.08. The van der Waals surface area contributed by atoms with Gasteiger partial charge in [0.15, 0.2) is 0 Å². The molecule has 3 heteroatoms. The van der Waals surface area contributed by atoms with E-state index in [1.807, 2.05) is 12.2 Å². The van der Waals surface area contributed by atoms with E-state index in [0.717, 1.165) is 0 Å². The summed E-state index contributed by atoms with van der Waals surface area (Å²) in [7, 11) is 0. The topological polar surface area (TPSA) is 9.23 Å². The summed E-state index contributed by atoms with van der Waals surface area (Å²) in [5.41, 5.74) is 0. The Morgan fingerprint density at radius 2 is 1.36 bits per heavy atom. The molecule has 0 rings (SSSR count). The van der Waals surface area contributed by atoms with Crippen molar-refractivity contribution in [2.24, 2.45) is 0 Å². The van der Waals surface area contributed by atoms with Crippen molar-refractivity contribution in [3.63, 3.8) is 0 Å². The summed E-state index contributed by atoms with van der Waals surface area (Å²) in [6.45, 7) is 4.20. The van der Waals surface area contributed by atoms with Crippen molar-refractivity contribution in [2.45, 2.75) is 21.7 Å². The van der Waals surface area contributed by atoms with Crippen LogP contribution in [0.15, 0.2) is 24.7 Å². The molecule has 0 saturated heterocycles. The average Bonchev–Trinajstić information content (AvgIpc) is 1.85. The van der Waals surface area contributed by atoms with E-state index in [-0.39, 0.29) is 0 Å². The number of halogens is 2. The van der Waals surface area contributed by atoms with Crippen molar-refractivity contribution in [2.75, 3.05) is 0 Å². The Balaban J connectivity index is 3.41. The van der Waals surface area contributed by atoms with Crippen LogP contribution in [0.1, 0.15) is 13.8 Å². The summed E-state index contributed by atoms with van der Waals surface area (Å²) in [5, 5.41) is 0. The molecule has 0 N–H and O–H groups in total. The maximum Gasteiger partial charge on any atom is 0.0871 e. The van der Waals surface area contributed by atoms with E-state index in [0.29, 0.717) is 7.85 Å². The predicted molar refractivity (Wildman–Crippen MR) is 66.3 cm³/mol. The summed E-state index contributed by atoms with van der Waals surface area (Å²) >= 11 is 4.63. The van der Waals surface area contributed by atoms with Gasteiger partial charge in [0.2, 0.25) is 0 Å². The van der Waals surface area contributed by atoms with Crippen LogP contribution in [0, 0.1) is 0 Å². The van der Waals surface area contributed by atoms with Crippen molar-refractivity contribution in [1.29, 1.82) is 0 Å². The van der Waals surface area contributed by atoms with Crippen LogP contribution in [0.25, 0.3) is 0 Å². The third kappa shape index (κ3) is 10.7. The smallest absolute Gasteiger partial charge is 0.0871 e. The van der Waals surface area contributed by atoms with Crippen LogP contribution >= 0.6 is 45.2 Å².